The minimum atomic E-state index is -0.417. The largest absolute Gasteiger partial charge is 0.465 e. The molecule has 0 fully saturated rings. The number of benzene rings is 1. The molecule has 0 unspecified atom stereocenters. The standard InChI is InChI=1S/C17H17Cl2N3O3/c1-3-25-14(24)8-22-17-15(9(2)21-22)10(7-13(23)20-17)16-11(18)5-4-6-12(16)19/h4-6,10H,3,7-8H2,1-2H3,(H,20,23)/t10-/m0/s1. The van der Waals surface area contributed by atoms with E-state index in [1.165, 1.54) is 4.68 Å². The third kappa shape index (κ3) is 3.37. The summed E-state index contributed by atoms with van der Waals surface area (Å²) in [5.74, 6) is -0.429. The third-order valence-corrected chi connectivity index (χ3v) is 4.76. The lowest BCUT2D eigenvalue weighted by Crippen LogP contribution is -2.26. The highest BCUT2D eigenvalue weighted by Crippen LogP contribution is 2.44. The van der Waals surface area contributed by atoms with E-state index in [2.05, 4.69) is 10.4 Å². The number of anilines is 1. The number of rotatable bonds is 4. The first-order valence-electron chi connectivity index (χ1n) is 7.89. The Morgan fingerprint density at radius 2 is 2.04 bits per heavy atom. The second-order valence-corrected chi connectivity index (χ2v) is 6.56. The van der Waals surface area contributed by atoms with E-state index in [0.717, 1.165) is 5.56 Å². The van der Waals surface area contributed by atoms with Gasteiger partial charge in [0.1, 0.15) is 12.4 Å². The van der Waals surface area contributed by atoms with Crippen LogP contribution in [0.25, 0.3) is 0 Å². The van der Waals surface area contributed by atoms with E-state index in [9.17, 15) is 9.59 Å². The van der Waals surface area contributed by atoms with Crippen molar-refractivity contribution in [3.05, 3.63) is 45.1 Å². The molecule has 0 bridgehead atoms. The van der Waals surface area contributed by atoms with Crippen LogP contribution in [0.3, 0.4) is 0 Å². The van der Waals surface area contributed by atoms with Crippen LogP contribution in [-0.2, 0) is 20.9 Å². The molecule has 132 valence electrons. The number of ether oxygens (including phenoxy) is 1. The van der Waals surface area contributed by atoms with Crippen LogP contribution < -0.4 is 5.32 Å². The second-order valence-electron chi connectivity index (χ2n) is 5.75. The Hall–Kier alpha value is -2.05. The molecule has 0 spiro atoms. The van der Waals surface area contributed by atoms with Crippen molar-refractivity contribution >= 4 is 40.9 Å². The highest BCUT2D eigenvalue weighted by molar-refractivity contribution is 6.36. The summed E-state index contributed by atoms with van der Waals surface area (Å²) in [5.41, 5.74) is 2.22. The van der Waals surface area contributed by atoms with Gasteiger partial charge in [-0.05, 0) is 31.5 Å². The molecule has 1 N–H and O–H groups in total. The summed E-state index contributed by atoms with van der Waals surface area (Å²) in [7, 11) is 0. The minimum Gasteiger partial charge on any atom is -0.465 e. The van der Waals surface area contributed by atoms with E-state index >= 15 is 0 Å². The number of aromatic nitrogens is 2. The van der Waals surface area contributed by atoms with Crippen molar-refractivity contribution in [1.29, 1.82) is 0 Å². The van der Waals surface area contributed by atoms with Crippen LogP contribution in [0.4, 0.5) is 5.82 Å². The summed E-state index contributed by atoms with van der Waals surface area (Å²) in [6.07, 6.45) is 0.211. The lowest BCUT2D eigenvalue weighted by Gasteiger charge is -2.25. The van der Waals surface area contributed by atoms with Crippen molar-refractivity contribution in [3.8, 4) is 0 Å². The van der Waals surface area contributed by atoms with Gasteiger partial charge in [0.2, 0.25) is 5.91 Å². The number of amides is 1. The Morgan fingerprint density at radius 1 is 1.36 bits per heavy atom. The van der Waals surface area contributed by atoms with E-state index < -0.39 is 5.97 Å². The topological polar surface area (TPSA) is 73.2 Å². The number of carbonyl (C=O) groups is 2. The van der Waals surface area contributed by atoms with Gasteiger partial charge in [-0.3, -0.25) is 9.59 Å². The number of carbonyl (C=O) groups excluding carboxylic acids is 2. The van der Waals surface area contributed by atoms with Crippen molar-refractivity contribution in [2.75, 3.05) is 11.9 Å². The van der Waals surface area contributed by atoms with Crippen molar-refractivity contribution < 1.29 is 14.3 Å². The molecule has 3 rings (SSSR count). The number of esters is 1. The van der Waals surface area contributed by atoms with Crippen LogP contribution in [0.5, 0.6) is 0 Å². The number of hydrogen-bond acceptors (Lipinski definition) is 4. The molecule has 8 heteroatoms. The summed E-state index contributed by atoms with van der Waals surface area (Å²) >= 11 is 12.7. The Balaban J connectivity index is 2.08. The van der Waals surface area contributed by atoms with Gasteiger partial charge in [-0.2, -0.15) is 5.10 Å². The normalized spacial score (nSPS) is 16.3. The number of halogens is 2. The van der Waals surface area contributed by atoms with Gasteiger partial charge < -0.3 is 10.1 Å². The number of fused-ring (bicyclic) bond motifs is 1. The molecular weight excluding hydrogens is 365 g/mol. The fraction of sp³-hybridized carbons (Fsp3) is 0.353. The maximum absolute atomic E-state index is 12.3. The summed E-state index contributed by atoms with van der Waals surface area (Å²) < 4.78 is 6.42. The maximum atomic E-state index is 12.3. The molecule has 1 aromatic heterocycles. The van der Waals surface area contributed by atoms with Crippen molar-refractivity contribution in [3.63, 3.8) is 0 Å². The summed E-state index contributed by atoms with van der Waals surface area (Å²) in [6.45, 7) is 3.77. The van der Waals surface area contributed by atoms with Crippen LogP contribution in [0.15, 0.2) is 18.2 Å². The van der Waals surface area contributed by atoms with Gasteiger partial charge in [-0.1, -0.05) is 29.3 Å². The molecule has 0 aliphatic carbocycles. The van der Waals surface area contributed by atoms with E-state index in [-0.39, 0.29) is 31.4 Å². The van der Waals surface area contributed by atoms with Crippen LogP contribution in [-0.4, -0.2) is 28.3 Å². The average molecular weight is 382 g/mol. The first-order chi connectivity index (χ1) is 11.9. The quantitative estimate of drug-likeness (QED) is 0.821. The van der Waals surface area contributed by atoms with Crippen molar-refractivity contribution in [2.24, 2.45) is 0 Å². The molecule has 1 aliphatic heterocycles. The van der Waals surface area contributed by atoms with Crippen molar-refractivity contribution in [1.82, 2.24) is 9.78 Å². The molecule has 25 heavy (non-hydrogen) atoms. The van der Waals surface area contributed by atoms with Crippen LogP contribution in [0.1, 0.15) is 36.1 Å². The molecule has 1 aliphatic rings. The Labute approximate surface area is 155 Å². The fourth-order valence-electron chi connectivity index (χ4n) is 3.15. The van der Waals surface area contributed by atoms with Crippen LogP contribution in [0, 0.1) is 6.92 Å². The average Bonchev–Trinajstić information content (AvgIpc) is 2.83. The van der Waals surface area contributed by atoms with Gasteiger partial charge in [0.15, 0.2) is 0 Å². The smallest absolute Gasteiger partial charge is 0.327 e. The predicted octanol–water partition coefficient (Wildman–Crippen LogP) is 3.54. The molecule has 2 aromatic rings. The molecule has 1 atom stereocenters. The maximum Gasteiger partial charge on any atom is 0.327 e. The summed E-state index contributed by atoms with van der Waals surface area (Å²) in [4.78, 5) is 24.1. The zero-order valence-corrected chi connectivity index (χ0v) is 15.3. The SMILES string of the molecule is CCOC(=O)Cn1nc(C)c2c1NC(=O)C[C@@H]2c1c(Cl)cccc1Cl. The third-order valence-electron chi connectivity index (χ3n) is 4.10. The highest BCUT2D eigenvalue weighted by Gasteiger charge is 2.34. The first kappa shape index (κ1) is 17.8. The molecule has 0 saturated heterocycles. The van der Waals surface area contributed by atoms with Gasteiger partial charge in [-0.15, -0.1) is 0 Å². The lowest BCUT2D eigenvalue weighted by molar-refractivity contribution is -0.144. The molecule has 0 saturated carbocycles. The van der Waals surface area contributed by atoms with E-state index in [1.807, 2.05) is 6.92 Å². The Bertz CT molecular complexity index is 828. The summed E-state index contributed by atoms with van der Waals surface area (Å²) in [6, 6.07) is 5.25. The second kappa shape index (κ2) is 7.06. The van der Waals surface area contributed by atoms with E-state index in [0.29, 0.717) is 27.1 Å². The van der Waals surface area contributed by atoms with Gasteiger partial charge >= 0.3 is 5.97 Å². The zero-order chi connectivity index (χ0) is 18.1. The molecular formula is C17H17Cl2N3O3. The Kier molecular flexibility index (Phi) is 5.01. The predicted molar refractivity (Wildman–Crippen MR) is 95.1 cm³/mol. The molecule has 1 amide bonds. The molecule has 6 nitrogen and oxygen atoms in total. The number of aryl methyl sites for hydroxylation is 1. The zero-order valence-electron chi connectivity index (χ0n) is 13.8. The molecule has 0 radical (unpaired) electrons. The number of nitrogens with zero attached hydrogens (tertiary/aromatic N) is 2. The van der Waals surface area contributed by atoms with Crippen molar-refractivity contribution in [2.45, 2.75) is 32.7 Å². The summed E-state index contributed by atoms with van der Waals surface area (Å²) in [5, 5.41) is 8.19. The highest BCUT2D eigenvalue weighted by atomic mass is 35.5. The van der Waals surface area contributed by atoms with Gasteiger partial charge in [0.05, 0.1) is 12.3 Å². The van der Waals surface area contributed by atoms with Gasteiger partial charge in [0.25, 0.3) is 0 Å². The number of nitrogens with one attached hydrogen (secondary N) is 1. The molecule has 1 aromatic carbocycles. The number of hydrogen-bond donors (Lipinski definition) is 1. The van der Waals surface area contributed by atoms with E-state index in [1.54, 1.807) is 25.1 Å². The van der Waals surface area contributed by atoms with Crippen LogP contribution in [0.2, 0.25) is 10.0 Å². The molecule has 2 heterocycles. The van der Waals surface area contributed by atoms with Crippen LogP contribution >= 0.6 is 23.2 Å². The van der Waals surface area contributed by atoms with E-state index in [4.69, 9.17) is 27.9 Å². The monoisotopic (exact) mass is 381 g/mol. The Morgan fingerprint density at radius 3 is 2.68 bits per heavy atom. The van der Waals surface area contributed by atoms with Gasteiger partial charge in [0, 0.05) is 27.9 Å². The first-order valence-corrected chi connectivity index (χ1v) is 8.64. The fourth-order valence-corrected chi connectivity index (χ4v) is 3.81. The minimum absolute atomic E-state index is 0.0761. The van der Waals surface area contributed by atoms with Gasteiger partial charge in [-0.25, -0.2) is 4.68 Å². The lowest BCUT2D eigenvalue weighted by atomic mass is 9.85.